The fourth-order valence-electron chi connectivity index (χ4n) is 3.51. The van der Waals surface area contributed by atoms with Crippen molar-refractivity contribution in [3.8, 4) is 11.4 Å². The van der Waals surface area contributed by atoms with Gasteiger partial charge in [-0.2, -0.15) is 4.98 Å². The number of aromatic nitrogens is 2. The summed E-state index contributed by atoms with van der Waals surface area (Å²) >= 11 is 0. The predicted octanol–water partition coefficient (Wildman–Crippen LogP) is 1.68. The third kappa shape index (κ3) is 3.01. The molecule has 0 spiro atoms. The van der Waals surface area contributed by atoms with Crippen LogP contribution >= 0.6 is 0 Å². The summed E-state index contributed by atoms with van der Waals surface area (Å²) in [5, 5.41) is 9.79. The topological polar surface area (TPSA) is 97.1 Å². The lowest BCUT2D eigenvalue weighted by Crippen LogP contribution is -2.42. The van der Waals surface area contributed by atoms with Crippen LogP contribution in [-0.4, -0.2) is 28.0 Å². The molecule has 2 heterocycles. The van der Waals surface area contributed by atoms with Gasteiger partial charge in [-0.05, 0) is 36.5 Å². The fourth-order valence-corrected chi connectivity index (χ4v) is 3.51. The highest BCUT2D eigenvalue weighted by Gasteiger charge is 2.31. The maximum atomic E-state index is 12.3. The van der Waals surface area contributed by atoms with Crippen LogP contribution in [0.15, 0.2) is 22.7 Å². The largest absolute Gasteiger partial charge is 0.347 e. The van der Waals surface area contributed by atoms with Crippen LogP contribution < -0.4 is 10.6 Å². The Morgan fingerprint density at radius 2 is 2.24 bits per heavy atom. The van der Waals surface area contributed by atoms with Crippen molar-refractivity contribution in [1.29, 1.82) is 0 Å². The normalized spacial score (nSPS) is 21.9. The molecule has 0 unspecified atom stereocenters. The van der Waals surface area contributed by atoms with Crippen molar-refractivity contribution < 1.29 is 14.1 Å². The molecule has 0 bridgehead atoms. The van der Waals surface area contributed by atoms with Crippen LogP contribution in [0.2, 0.25) is 0 Å². The minimum atomic E-state index is -0.400. The molecule has 0 radical (unpaired) electrons. The van der Waals surface area contributed by atoms with E-state index < -0.39 is 6.04 Å². The van der Waals surface area contributed by atoms with E-state index in [0.717, 1.165) is 24.0 Å². The van der Waals surface area contributed by atoms with Crippen molar-refractivity contribution in [3.05, 3.63) is 35.2 Å². The average molecular weight is 340 g/mol. The first-order valence-corrected chi connectivity index (χ1v) is 8.69. The molecule has 1 fully saturated rings. The van der Waals surface area contributed by atoms with Gasteiger partial charge in [-0.15, -0.1) is 0 Å². The summed E-state index contributed by atoms with van der Waals surface area (Å²) in [6, 6.07) is 5.65. The molecule has 2 aromatic rings. The number of rotatable bonds is 4. The molecular weight excluding hydrogens is 320 g/mol. The Labute approximate surface area is 145 Å². The summed E-state index contributed by atoms with van der Waals surface area (Å²) in [5.41, 5.74) is 3.25. The number of benzene rings is 1. The van der Waals surface area contributed by atoms with Gasteiger partial charge in [0.05, 0.1) is 6.04 Å². The number of nitrogens with zero attached hydrogens (tertiary/aromatic N) is 2. The molecule has 1 aromatic heterocycles. The van der Waals surface area contributed by atoms with Gasteiger partial charge in [0.25, 0.3) is 0 Å². The zero-order valence-electron chi connectivity index (χ0n) is 14.0. The molecule has 1 aliphatic carbocycles. The van der Waals surface area contributed by atoms with Gasteiger partial charge in [0.2, 0.25) is 23.5 Å². The van der Waals surface area contributed by atoms with E-state index in [4.69, 9.17) is 4.52 Å². The molecule has 2 aliphatic rings. The Bertz CT molecular complexity index is 829. The molecule has 2 amide bonds. The summed E-state index contributed by atoms with van der Waals surface area (Å²) in [4.78, 5) is 28.0. The monoisotopic (exact) mass is 340 g/mol. The van der Waals surface area contributed by atoms with Gasteiger partial charge in [-0.25, -0.2) is 0 Å². The van der Waals surface area contributed by atoms with Crippen LogP contribution in [-0.2, 0) is 22.4 Å². The van der Waals surface area contributed by atoms with Crippen molar-refractivity contribution in [1.82, 2.24) is 20.8 Å². The Hall–Kier alpha value is -2.70. The second kappa shape index (κ2) is 6.31. The quantitative estimate of drug-likeness (QED) is 0.882. The minimum absolute atomic E-state index is 0.00878. The van der Waals surface area contributed by atoms with Crippen LogP contribution in [0.1, 0.15) is 49.2 Å². The van der Waals surface area contributed by atoms with E-state index in [0.29, 0.717) is 31.0 Å². The van der Waals surface area contributed by atoms with Crippen molar-refractivity contribution in [2.45, 2.75) is 51.1 Å². The van der Waals surface area contributed by atoms with Gasteiger partial charge < -0.3 is 15.2 Å². The van der Waals surface area contributed by atoms with Crippen molar-refractivity contribution in [3.63, 3.8) is 0 Å². The molecule has 1 aromatic carbocycles. The molecule has 0 saturated carbocycles. The van der Waals surface area contributed by atoms with Crippen LogP contribution in [0, 0.1) is 0 Å². The molecule has 7 heteroatoms. The van der Waals surface area contributed by atoms with Gasteiger partial charge >= 0.3 is 0 Å². The number of carbonyl (C=O) groups excluding carboxylic acids is 2. The number of hydrogen-bond acceptors (Lipinski definition) is 5. The highest BCUT2D eigenvalue weighted by atomic mass is 16.5. The molecule has 2 atom stereocenters. The van der Waals surface area contributed by atoms with E-state index in [2.05, 4.69) is 26.8 Å². The van der Waals surface area contributed by atoms with Crippen molar-refractivity contribution in [2.24, 2.45) is 0 Å². The molecule has 25 heavy (non-hydrogen) atoms. The van der Waals surface area contributed by atoms with Crippen LogP contribution in [0.3, 0.4) is 0 Å². The number of carbonyl (C=O) groups is 2. The minimum Gasteiger partial charge on any atom is -0.347 e. The zero-order chi connectivity index (χ0) is 17.4. The van der Waals surface area contributed by atoms with Crippen LogP contribution in [0.5, 0.6) is 0 Å². The fraction of sp³-hybridized carbons (Fsp3) is 0.444. The maximum Gasteiger partial charge on any atom is 0.243 e. The summed E-state index contributed by atoms with van der Waals surface area (Å²) in [7, 11) is 0. The Balaban J connectivity index is 1.49. The molecule has 2 N–H and O–H groups in total. The Morgan fingerprint density at radius 3 is 2.96 bits per heavy atom. The van der Waals surface area contributed by atoms with Gasteiger partial charge in [0, 0.05) is 18.4 Å². The Kier molecular flexibility index (Phi) is 3.99. The van der Waals surface area contributed by atoms with E-state index in [1.165, 1.54) is 5.56 Å². The molecule has 4 rings (SSSR count). The van der Waals surface area contributed by atoms with E-state index >= 15 is 0 Å². The first kappa shape index (κ1) is 15.8. The standard InChI is InChI=1S/C18H20N4O3/c1-2-16-21-17(22-25-16)11-3-5-12-10(9-11)4-6-13(12)20-18(24)14-7-8-15(23)19-14/h3,5,9,13-14H,2,4,6-8H2,1H3,(H,19,23)(H,20,24)/t13-,14+/m1/s1. The van der Waals surface area contributed by atoms with Crippen molar-refractivity contribution in [2.75, 3.05) is 0 Å². The molecule has 1 saturated heterocycles. The highest BCUT2D eigenvalue weighted by Crippen LogP contribution is 2.34. The molecule has 1 aliphatic heterocycles. The first-order valence-electron chi connectivity index (χ1n) is 8.69. The average Bonchev–Trinajstić information content (AvgIpc) is 3.34. The lowest BCUT2D eigenvalue weighted by Gasteiger charge is -2.17. The lowest BCUT2D eigenvalue weighted by atomic mass is 10.0. The summed E-state index contributed by atoms with van der Waals surface area (Å²) in [6.07, 6.45) is 3.46. The number of nitrogens with one attached hydrogen (secondary N) is 2. The van der Waals surface area contributed by atoms with Gasteiger partial charge in [0.1, 0.15) is 6.04 Å². The van der Waals surface area contributed by atoms with Crippen LogP contribution in [0.25, 0.3) is 11.4 Å². The SMILES string of the molecule is CCc1nc(-c2ccc3c(c2)CC[C@H]3NC(=O)[C@@H]2CCC(=O)N2)no1. The van der Waals surface area contributed by atoms with Gasteiger partial charge in [0.15, 0.2) is 0 Å². The second-order valence-corrected chi connectivity index (χ2v) is 6.54. The Morgan fingerprint density at radius 1 is 1.36 bits per heavy atom. The zero-order valence-corrected chi connectivity index (χ0v) is 14.0. The molecule has 130 valence electrons. The summed E-state index contributed by atoms with van der Waals surface area (Å²) < 4.78 is 5.17. The highest BCUT2D eigenvalue weighted by molar-refractivity contribution is 5.91. The maximum absolute atomic E-state index is 12.3. The second-order valence-electron chi connectivity index (χ2n) is 6.54. The molecular formula is C18H20N4O3. The van der Waals surface area contributed by atoms with E-state index in [1.807, 2.05) is 19.1 Å². The van der Waals surface area contributed by atoms with Crippen molar-refractivity contribution >= 4 is 11.8 Å². The van der Waals surface area contributed by atoms with E-state index in [9.17, 15) is 9.59 Å². The summed E-state index contributed by atoms with van der Waals surface area (Å²) in [5.74, 6) is 1.07. The smallest absolute Gasteiger partial charge is 0.243 e. The lowest BCUT2D eigenvalue weighted by molar-refractivity contribution is -0.126. The molecule has 7 nitrogen and oxygen atoms in total. The first-order chi connectivity index (χ1) is 12.1. The van der Waals surface area contributed by atoms with Gasteiger partial charge in [-0.1, -0.05) is 24.2 Å². The van der Waals surface area contributed by atoms with Crippen LogP contribution in [0.4, 0.5) is 0 Å². The third-order valence-electron chi connectivity index (χ3n) is 4.88. The third-order valence-corrected chi connectivity index (χ3v) is 4.88. The number of aryl methyl sites for hydroxylation is 2. The summed E-state index contributed by atoms with van der Waals surface area (Å²) in [6.45, 7) is 1.97. The number of hydrogen-bond donors (Lipinski definition) is 2. The number of amides is 2. The predicted molar refractivity (Wildman–Crippen MR) is 89.5 cm³/mol. The number of fused-ring (bicyclic) bond motifs is 1. The van der Waals surface area contributed by atoms with E-state index in [-0.39, 0.29) is 17.9 Å². The van der Waals surface area contributed by atoms with Gasteiger partial charge in [-0.3, -0.25) is 9.59 Å². The van der Waals surface area contributed by atoms with E-state index in [1.54, 1.807) is 0 Å².